The molecule has 1 aromatic rings. The number of nitrogens with zero attached hydrogens (tertiary/aromatic N) is 1. The molecule has 2 amide bonds. The lowest BCUT2D eigenvalue weighted by molar-refractivity contribution is -0.117. The van der Waals surface area contributed by atoms with Gasteiger partial charge in [0.15, 0.2) is 5.78 Å². The van der Waals surface area contributed by atoms with Crippen LogP contribution in [0.15, 0.2) is 35.9 Å². The van der Waals surface area contributed by atoms with Crippen molar-refractivity contribution in [2.45, 2.75) is 45.6 Å². The van der Waals surface area contributed by atoms with Crippen LogP contribution >= 0.6 is 0 Å². The molecule has 4 nitrogen and oxygen atoms in total. The van der Waals surface area contributed by atoms with Gasteiger partial charge in [-0.05, 0) is 48.8 Å². The summed E-state index contributed by atoms with van der Waals surface area (Å²) in [4.78, 5) is 38.8. The number of amides is 2. The third kappa shape index (κ3) is 2.02. The highest BCUT2D eigenvalue weighted by Crippen LogP contribution is 2.51. The van der Waals surface area contributed by atoms with E-state index in [1.54, 1.807) is 30.3 Å². The van der Waals surface area contributed by atoms with Crippen LogP contribution in [-0.4, -0.2) is 28.5 Å². The van der Waals surface area contributed by atoms with Crippen molar-refractivity contribution in [2.75, 3.05) is 0 Å². The van der Waals surface area contributed by atoms with Gasteiger partial charge in [0, 0.05) is 12.5 Å². The molecule has 2 aliphatic carbocycles. The number of allylic oxidation sites excluding steroid dienone is 2. The smallest absolute Gasteiger partial charge is 0.261 e. The van der Waals surface area contributed by atoms with E-state index >= 15 is 0 Å². The zero-order valence-corrected chi connectivity index (χ0v) is 14.0. The Hall–Kier alpha value is -2.23. The molecule has 0 bridgehead atoms. The van der Waals surface area contributed by atoms with Crippen LogP contribution in [0.1, 0.15) is 60.2 Å². The minimum atomic E-state index is -0.170. The van der Waals surface area contributed by atoms with E-state index in [1.165, 1.54) is 10.5 Å². The Bertz CT molecular complexity index is 759. The minimum Gasteiger partial charge on any atom is -0.295 e. The summed E-state index contributed by atoms with van der Waals surface area (Å²) in [5.74, 6) is 0.101. The third-order valence-corrected chi connectivity index (χ3v) is 6.26. The van der Waals surface area contributed by atoms with Crippen LogP contribution in [0.3, 0.4) is 0 Å². The van der Waals surface area contributed by atoms with Crippen LogP contribution in [0.4, 0.5) is 0 Å². The van der Waals surface area contributed by atoms with Crippen LogP contribution in [-0.2, 0) is 4.79 Å². The number of rotatable bonds is 1. The molecule has 3 aliphatic rings. The molecular formula is C20H21NO3. The molecule has 4 heteroatoms. The lowest BCUT2D eigenvalue weighted by Gasteiger charge is -2.48. The maximum atomic E-state index is 12.7. The van der Waals surface area contributed by atoms with E-state index in [2.05, 4.69) is 13.8 Å². The van der Waals surface area contributed by atoms with E-state index in [4.69, 9.17) is 0 Å². The predicted octanol–water partition coefficient (Wildman–Crippen LogP) is 3.38. The molecule has 0 radical (unpaired) electrons. The first-order valence-corrected chi connectivity index (χ1v) is 8.62. The highest BCUT2D eigenvalue weighted by atomic mass is 16.2. The summed E-state index contributed by atoms with van der Waals surface area (Å²) in [6.45, 7) is 4.29. The fourth-order valence-corrected chi connectivity index (χ4v) is 4.63. The Morgan fingerprint density at radius 2 is 1.71 bits per heavy atom. The van der Waals surface area contributed by atoms with Gasteiger partial charge in [0.2, 0.25) is 0 Å². The van der Waals surface area contributed by atoms with Crippen molar-refractivity contribution in [3.05, 3.63) is 47.0 Å². The lowest BCUT2D eigenvalue weighted by atomic mass is 9.59. The number of hydrogen-bond donors (Lipinski definition) is 0. The minimum absolute atomic E-state index is 0.0878. The lowest BCUT2D eigenvalue weighted by Crippen LogP contribution is -2.48. The summed E-state index contributed by atoms with van der Waals surface area (Å²) in [5.41, 5.74) is 2.12. The molecule has 24 heavy (non-hydrogen) atoms. The fourth-order valence-electron chi connectivity index (χ4n) is 4.63. The predicted molar refractivity (Wildman–Crippen MR) is 89.6 cm³/mol. The Morgan fingerprint density at radius 3 is 2.33 bits per heavy atom. The van der Waals surface area contributed by atoms with Crippen LogP contribution in [0, 0.1) is 11.3 Å². The topological polar surface area (TPSA) is 54.5 Å². The molecule has 0 aromatic heterocycles. The number of carbonyl (C=O) groups excluding carboxylic acids is 3. The number of benzene rings is 1. The van der Waals surface area contributed by atoms with E-state index in [0.29, 0.717) is 17.5 Å². The molecule has 1 fully saturated rings. The zero-order chi connectivity index (χ0) is 17.1. The molecule has 0 N–H and O–H groups in total. The quantitative estimate of drug-likeness (QED) is 0.745. The molecule has 3 atom stereocenters. The molecule has 1 aliphatic heterocycles. The van der Waals surface area contributed by atoms with Crippen LogP contribution in [0.25, 0.3) is 0 Å². The van der Waals surface area contributed by atoms with Gasteiger partial charge >= 0.3 is 0 Å². The molecular weight excluding hydrogens is 302 g/mol. The molecule has 1 saturated carbocycles. The normalized spacial score (nSPS) is 32.5. The first-order chi connectivity index (χ1) is 11.4. The Balaban J connectivity index is 1.66. The zero-order valence-electron chi connectivity index (χ0n) is 14.0. The highest BCUT2D eigenvalue weighted by molar-refractivity contribution is 6.21. The largest absolute Gasteiger partial charge is 0.295 e. The number of fused-ring (bicyclic) bond motifs is 2. The monoisotopic (exact) mass is 323 g/mol. The van der Waals surface area contributed by atoms with Crippen molar-refractivity contribution < 1.29 is 14.4 Å². The van der Waals surface area contributed by atoms with Gasteiger partial charge in [-0.15, -0.1) is 0 Å². The van der Waals surface area contributed by atoms with Gasteiger partial charge in [-0.3, -0.25) is 19.3 Å². The van der Waals surface area contributed by atoms with E-state index in [1.807, 2.05) is 0 Å². The number of hydrogen-bond acceptors (Lipinski definition) is 3. The van der Waals surface area contributed by atoms with Crippen molar-refractivity contribution in [2.24, 2.45) is 11.3 Å². The number of carbonyl (C=O) groups is 3. The van der Waals surface area contributed by atoms with Crippen molar-refractivity contribution in [3.8, 4) is 0 Å². The van der Waals surface area contributed by atoms with Gasteiger partial charge in [0.25, 0.3) is 11.8 Å². The Labute approximate surface area is 141 Å². The molecule has 0 spiro atoms. The second-order valence-electron chi connectivity index (χ2n) is 7.58. The average Bonchev–Trinajstić information content (AvgIpc) is 2.80. The van der Waals surface area contributed by atoms with Crippen LogP contribution < -0.4 is 0 Å². The molecule has 0 saturated heterocycles. The van der Waals surface area contributed by atoms with Gasteiger partial charge < -0.3 is 0 Å². The van der Waals surface area contributed by atoms with Crippen molar-refractivity contribution in [3.63, 3.8) is 0 Å². The van der Waals surface area contributed by atoms with Gasteiger partial charge in [-0.1, -0.05) is 31.6 Å². The molecule has 3 unspecified atom stereocenters. The van der Waals surface area contributed by atoms with Gasteiger partial charge in [0.05, 0.1) is 11.1 Å². The Kier molecular flexibility index (Phi) is 3.27. The standard InChI is InChI=1S/C20H21NO3/c1-12-9-15(22)10-13-7-8-14(11-20(12,13)2)21-18(23)16-5-3-4-6-17(16)19(21)24/h3-6,10,12,14H,7-9,11H2,1-2H3. The van der Waals surface area contributed by atoms with E-state index < -0.39 is 0 Å². The maximum Gasteiger partial charge on any atom is 0.261 e. The summed E-state index contributed by atoms with van der Waals surface area (Å²) in [5, 5.41) is 0. The van der Waals surface area contributed by atoms with Gasteiger partial charge in [0.1, 0.15) is 0 Å². The third-order valence-electron chi connectivity index (χ3n) is 6.26. The molecule has 4 rings (SSSR count). The first-order valence-electron chi connectivity index (χ1n) is 8.62. The molecule has 124 valence electrons. The highest BCUT2D eigenvalue weighted by Gasteiger charge is 2.48. The van der Waals surface area contributed by atoms with Crippen LogP contribution in [0.5, 0.6) is 0 Å². The van der Waals surface area contributed by atoms with Crippen molar-refractivity contribution >= 4 is 17.6 Å². The summed E-state index contributed by atoms with van der Waals surface area (Å²) < 4.78 is 0. The second kappa shape index (κ2) is 5.13. The van der Waals surface area contributed by atoms with Gasteiger partial charge in [-0.25, -0.2) is 0 Å². The van der Waals surface area contributed by atoms with Gasteiger partial charge in [-0.2, -0.15) is 0 Å². The van der Waals surface area contributed by atoms with E-state index in [9.17, 15) is 14.4 Å². The number of ketones is 1. The number of imide groups is 1. The summed E-state index contributed by atoms with van der Waals surface area (Å²) in [6, 6.07) is 6.97. The van der Waals surface area contributed by atoms with E-state index in [-0.39, 0.29) is 35.0 Å². The summed E-state index contributed by atoms with van der Waals surface area (Å²) >= 11 is 0. The maximum absolute atomic E-state index is 12.7. The van der Waals surface area contributed by atoms with Crippen molar-refractivity contribution in [1.82, 2.24) is 4.90 Å². The van der Waals surface area contributed by atoms with E-state index in [0.717, 1.165) is 19.3 Å². The summed E-state index contributed by atoms with van der Waals surface area (Å²) in [6.07, 6.45) is 4.63. The second-order valence-corrected chi connectivity index (χ2v) is 7.58. The summed E-state index contributed by atoms with van der Waals surface area (Å²) in [7, 11) is 0. The SMILES string of the molecule is CC1CC(=O)C=C2CCC(N3C(=O)c4ccccc4C3=O)CC21C. The average molecular weight is 323 g/mol. The van der Waals surface area contributed by atoms with Crippen LogP contribution in [0.2, 0.25) is 0 Å². The fraction of sp³-hybridized carbons (Fsp3) is 0.450. The first kappa shape index (κ1) is 15.3. The Morgan fingerprint density at radius 1 is 1.08 bits per heavy atom. The molecule has 1 aromatic carbocycles. The van der Waals surface area contributed by atoms with Crippen molar-refractivity contribution in [1.29, 1.82) is 0 Å². The molecule has 1 heterocycles.